The molecule has 0 fully saturated rings. The number of benzene rings is 1. The summed E-state index contributed by atoms with van der Waals surface area (Å²) in [5, 5.41) is 12.2. The Balaban J connectivity index is 2.36. The number of aromatic nitrogens is 1. The first-order chi connectivity index (χ1) is 9.38. The highest BCUT2D eigenvalue weighted by Gasteiger charge is 2.17. The first-order valence-corrected chi connectivity index (χ1v) is 6.45. The molecule has 0 aliphatic rings. The van der Waals surface area contributed by atoms with Gasteiger partial charge in [-0.2, -0.15) is 0 Å². The Hall–Kier alpha value is -2.36. The molecule has 0 radical (unpaired) electrons. The van der Waals surface area contributed by atoms with Gasteiger partial charge in [0.25, 0.3) is 0 Å². The number of carboxylic acid groups (broad SMARTS) is 1. The van der Waals surface area contributed by atoms with E-state index in [1.807, 2.05) is 18.2 Å². The van der Waals surface area contributed by atoms with Gasteiger partial charge in [-0.1, -0.05) is 45.0 Å². The maximum absolute atomic E-state index is 10.9. The molecule has 1 heterocycles. The molecule has 0 amide bonds. The summed E-state index contributed by atoms with van der Waals surface area (Å²) >= 11 is 0. The second-order valence-electron chi connectivity index (χ2n) is 5.63. The van der Waals surface area contributed by atoms with Gasteiger partial charge in [0.05, 0.1) is 0 Å². The first-order valence-electron chi connectivity index (χ1n) is 6.45. The number of nitrogens with zero attached hydrogens (tertiary/aromatic N) is 1. The van der Waals surface area contributed by atoms with Crippen LogP contribution in [0, 0.1) is 0 Å². The van der Waals surface area contributed by atoms with Crippen LogP contribution >= 0.6 is 0 Å². The zero-order valence-electron chi connectivity index (χ0n) is 11.8. The molecule has 0 aliphatic heterocycles. The molecule has 0 bridgehead atoms. The highest BCUT2D eigenvalue weighted by Crippen LogP contribution is 2.30. The number of aromatic carboxylic acids is 1. The van der Waals surface area contributed by atoms with Crippen molar-refractivity contribution in [2.75, 3.05) is 5.32 Å². The van der Waals surface area contributed by atoms with Crippen LogP contribution in [0.1, 0.15) is 36.8 Å². The SMILES string of the molecule is CC(C)(C)c1ccccc1Nc1cccc(C(=O)O)n1. The molecule has 2 rings (SSSR count). The maximum atomic E-state index is 10.9. The van der Waals surface area contributed by atoms with Crippen LogP contribution in [0.4, 0.5) is 11.5 Å². The molecule has 20 heavy (non-hydrogen) atoms. The molecule has 4 heteroatoms. The number of carboxylic acids is 1. The number of hydrogen-bond acceptors (Lipinski definition) is 3. The average Bonchev–Trinajstić information content (AvgIpc) is 2.38. The van der Waals surface area contributed by atoms with E-state index in [9.17, 15) is 4.79 Å². The Morgan fingerprint density at radius 3 is 2.45 bits per heavy atom. The number of rotatable bonds is 3. The normalized spacial score (nSPS) is 11.2. The molecule has 1 aromatic carbocycles. The lowest BCUT2D eigenvalue weighted by Gasteiger charge is -2.23. The third-order valence-corrected chi connectivity index (χ3v) is 2.97. The van der Waals surface area contributed by atoms with E-state index in [4.69, 9.17) is 5.11 Å². The van der Waals surface area contributed by atoms with Crippen molar-refractivity contribution in [1.82, 2.24) is 4.98 Å². The smallest absolute Gasteiger partial charge is 0.354 e. The number of pyridine rings is 1. The van der Waals surface area contributed by atoms with Crippen molar-refractivity contribution in [3.05, 3.63) is 53.7 Å². The Morgan fingerprint density at radius 1 is 1.10 bits per heavy atom. The monoisotopic (exact) mass is 270 g/mol. The Labute approximate surface area is 118 Å². The van der Waals surface area contributed by atoms with E-state index in [0.717, 1.165) is 11.3 Å². The molecule has 4 nitrogen and oxygen atoms in total. The van der Waals surface area contributed by atoms with Crippen LogP contribution in [-0.4, -0.2) is 16.1 Å². The fourth-order valence-corrected chi connectivity index (χ4v) is 2.01. The van der Waals surface area contributed by atoms with Crippen molar-refractivity contribution in [3.8, 4) is 0 Å². The molecule has 0 unspecified atom stereocenters. The number of hydrogen-bond donors (Lipinski definition) is 2. The van der Waals surface area contributed by atoms with E-state index in [1.54, 1.807) is 12.1 Å². The van der Waals surface area contributed by atoms with Gasteiger partial charge in [-0.25, -0.2) is 9.78 Å². The summed E-state index contributed by atoms with van der Waals surface area (Å²) in [4.78, 5) is 15.0. The fraction of sp³-hybridized carbons (Fsp3) is 0.250. The van der Waals surface area contributed by atoms with E-state index >= 15 is 0 Å². The third-order valence-electron chi connectivity index (χ3n) is 2.97. The van der Waals surface area contributed by atoms with Crippen LogP contribution in [0.15, 0.2) is 42.5 Å². The summed E-state index contributed by atoms with van der Waals surface area (Å²) in [7, 11) is 0. The van der Waals surface area contributed by atoms with Crippen molar-refractivity contribution in [1.29, 1.82) is 0 Å². The Bertz CT molecular complexity index is 630. The average molecular weight is 270 g/mol. The number of anilines is 2. The summed E-state index contributed by atoms with van der Waals surface area (Å²) in [6.45, 7) is 6.40. The third kappa shape index (κ3) is 3.15. The first kappa shape index (κ1) is 14.1. The molecule has 0 saturated carbocycles. The standard InChI is InChI=1S/C16H18N2O2/c1-16(2,3)11-7-4-5-8-12(11)17-14-10-6-9-13(18-14)15(19)20/h4-10H,1-3H3,(H,17,18)(H,19,20). The van der Waals surface area contributed by atoms with E-state index in [1.165, 1.54) is 6.07 Å². The molecular formula is C16H18N2O2. The predicted molar refractivity (Wildman–Crippen MR) is 79.6 cm³/mol. The van der Waals surface area contributed by atoms with Gasteiger partial charge in [0, 0.05) is 5.69 Å². The summed E-state index contributed by atoms with van der Waals surface area (Å²) in [6, 6.07) is 12.9. The lowest BCUT2D eigenvalue weighted by molar-refractivity contribution is 0.0690. The number of nitrogens with one attached hydrogen (secondary N) is 1. The summed E-state index contributed by atoms with van der Waals surface area (Å²) < 4.78 is 0. The van der Waals surface area contributed by atoms with Crippen molar-refractivity contribution < 1.29 is 9.90 Å². The topological polar surface area (TPSA) is 62.2 Å². The van der Waals surface area contributed by atoms with E-state index in [0.29, 0.717) is 5.82 Å². The lowest BCUT2D eigenvalue weighted by atomic mass is 9.86. The van der Waals surface area contributed by atoms with E-state index in [-0.39, 0.29) is 11.1 Å². The summed E-state index contributed by atoms with van der Waals surface area (Å²) in [5.74, 6) is -0.501. The number of carbonyl (C=O) groups is 1. The summed E-state index contributed by atoms with van der Waals surface area (Å²) in [5.41, 5.74) is 2.12. The van der Waals surface area contributed by atoms with Crippen LogP contribution in [0.3, 0.4) is 0 Å². The Morgan fingerprint density at radius 2 is 1.80 bits per heavy atom. The minimum atomic E-state index is -1.03. The van der Waals surface area contributed by atoms with Gasteiger partial charge in [0.2, 0.25) is 0 Å². The van der Waals surface area contributed by atoms with Crippen molar-refractivity contribution >= 4 is 17.5 Å². The van der Waals surface area contributed by atoms with Gasteiger partial charge in [0.15, 0.2) is 5.69 Å². The van der Waals surface area contributed by atoms with Crippen LogP contribution in [0.5, 0.6) is 0 Å². The van der Waals surface area contributed by atoms with Crippen molar-refractivity contribution in [3.63, 3.8) is 0 Å². The van der Waals surface area contributed by atoms with E-state index in [2.05, 4.69) is 37.1 Å². The zero-order chi connectivity index (χ0) is 14.8. The predicted octanol–water partition coefficient (Wildman–Crippen LogP) is 3.82. The maximum Gasteiger partial charge on any atom is 0.354 e. The van der Waals surface area contributed by atoms with Gasteiger partial charge in [-0.3, -0.25) is 0 Å². The second-order valence-corrected chi connectivity index (χ2v) is 5.63. The lowest BCUT2D eigenvalue weighted by Crippen LogP contribution is -2.14. The van der Waals surface area contributed by atoms with Gasteiger partial charge in [-0.05, 0) is 29.2 Å². The highest BCUT2D eigenvalue weighted by atomic mass is 16.4. The molecule has 0 atom stereocenters. The van der Waals surface area contributed by atoms with Crippen LogP contribution in [-0.2, 0) is 5.41 Å². The van der Waals surface area contributed by atoms with Crippen LogP contribution < -0.4 is 5.32 Å². The van der Waals surface area contributed by atoms with Crippen molar-refractivity contribution in [2.24, 2.45) is 0 Å². The molecule has 104 valence electrons. The van der Waals surface area contributed by atoms with Gasteiger partial charge in [0.1, 0.15) is 5.82 Å². The molecule has 0 saturated heterocycles. The second kappa shape index (κ2) is 5.33. The van der Waals surface area contributed by atoms with E-state index < -0.39 is 5.97 Å². The molecular weight excluding hydrogens is 252 g/mol. The fourth-order valence-electron chi connectivity index (χ4n) is 2.01. The molecule has 2 aromatic rings. The van der Waals surface area contributed by atoms with Gasteiger partial charge in [-0.15, -0.1) is 0 Å². The van der Waals surface area contributed by atoms with Crippen LogP contribution in [0.2, 0.25) is 0 Å². The molecule has 2 N–H and O–H groups in total. The molecule has 0 spiro atoms. The largest absolute Gasteiger partial charge is 0.477 e. The van der Waals surface area contributed by atoms with Crippen LogP contribution in [0.25, 0.3) is 0 Å². The molecule has 0 aliphatic carbocycles. The zero-order valence-corrected chi connectivity index (χ0v) is 11.8. The minimum absolute atomic E-state index is 0.00595. The highest BCUT2D eigenvalue weighted by molar-refractivity contribution is 5.85. The number of para-hydroxylation sites is 1. The molecule has 1 aromatic heterocycles. The van der Waals surface area contributed by atoms with Crippen molar-refractivity contribution in [2.45, 2.75) is 26.2 Å². The van der Waals surface area contributed by atoms with Gasteiger partial charge < -0.3 is 10.4 Å². The van der Waals surface area contributed by atoms with Gasteiger partial charge >= 0.3 is 5.97 Å². The quantitative estimate of drug-likeness (QED) is 0.890. The minimum Gasteiger partial charge on any atom is -0.477 e. The summed E-state index contributed by atoms with van der Waals surface area (Å²) in [6.07, 6.45) is 0. The Kier molecular flexibility index (Phi) is 3.74.